The van der Waals surface area contributed by atoms with Crippen molar-refractivity contribution < 1.29 is 27.5 Å². The summed E-state index contributed by atoms with van der Waals surface area (Å²) < 4.78 is 38.5. The van der Waals surface area contributed by atoms with Gasteiger partial charge in [-0.25, -0.2) is 8.42 Å². The van der Waals surface area contributed by atoms with Gasteiger partial charge in [0.05, 0.1) is 11.4 Å². The van der Waals surface area contributed by atoms with Crippen LogP contribution in [0.15, 0.2) is 48.5 Å². The second-order valence-electron chi connectivity index (χ2n) is 8.77. The second kappa shape index (κ2) is 13.3. The van der Waals surface area contributed by atoms with Gasteiger partial charge in [0.1, 0.15) is 25.8 Å². The van der Waals surface area contributed by atoms with Crippen LogP contribution in [0, 0.1) is 0 Å². The van der Waals surface area contributed by atoms with Crippen LogP contribution in [0.4, 0.5) is 5.69 Å². The minimum absolute atomic E-state index is 0.188. The molecule has 0 aromatic heterocycles. The lowest BCUT2D eigenvalue weighted by Gasteiger charge is -2.33. The Bertz CT molecular complexity index is 1160. The van der Waals surface area contributed by atoms with Crippen molar-refractivity contribution in [3.8, 4) is 11.5 Å². The molecule has 0 spiro atoms. The molecule has 2 aromatic carbocycles. The Hall–Kier alpha value is -3.27. The van der Waals surface area contributed by atoms with Gasteiger partial charge in [-0.3, -0.25) is 13.9 Å². The van der Waals surface area contributed by atoms with Crippen molar-refractivity contribution in [2.45, 2.75) is 46.1 Å². The molecule has 0 saturated carbocycles. The minimum atomic E-state index is -3.81. The first-order valence-corrected chi connectivity index (χ1v) is 14.4. The third-order valence-corrected chi connectivity index (χ3v) is 7.95. The molecule has 1 heterocycles. The molecule has 0 unspecified atom stereocenters. The molecule has 2 amide bonds. The van der Waals surface area contributed by atoms with Crippen molar-refractivity contribution in [3.63, 3.8) is 0 Å². The Labute approximate surface area is 219 Å². The number of fused-ring (bicyclic) bond motifs is 1. The van der Waals surface area contributed by atoms with Crippen LogP contribution in [0.2, 0.25) is 0 Å². The van der Waals surface area contributed by atoms with Crippen LogP contribution in [0.1, 0.15) is 39.2 Å². The average Bonchev–Trinajstić information content (AvgIpc) is 2.92. The van der Waals surface area contributed by atoms with E-state index in [1.807, 2.05) is 44.2 Å². The van der Waals surface area contributed by atoms with E-state index in [0.717, 1.165) is 16.3 Å². The fraction of sp³-hybridized carbons (Fsp3) is 0.481. The number of nitrogens with one attached hydrogen (secondary N) is 1. The van der Waals surface area contributed by atoms with Gasteiger partial charge >= 0.3 is 0 Å². The summed E-state index contributed by atoms with van der Waals surface area (Å²) in [4.78, 5) is 28.3. The molecule has 1 aliphatic rings. The first-order valence-electron chi connectivity index (χ1n) is 12.8. The van der Waals surface area contributed by atoms with Gasteiger partial charge in [0.15, 0.2) is 11.5 Å². The number of carbonyl (C=O) groups excluding carboxylic acids is 2. The fourth-order valence-electron chi connectivity index (χ4n) is 4.17. The lowest BCUT2D eigenvalue weighted by Crippen LogP contribution is -2.53. The van der Waals surface area contributed by atoms with Gasteiger partial charge < -0.3 is 19.7 Å². The Morgan fingerprint density at radius 3 is 2.35 bits per heavy atom. The van der Waals surface area contributed by atoms with Crippen molar-refractivity contribution in [1.82, 2.24) is 10.2 Å². The zero-order valence-corrected chi connectivity index (χ0v) is 22.6. The summed E-state index contributed by atoms with van der Waals surface area (Å²) in [6.45, 7) is 6.46. The standard InChI is InChI=1S/C27H37N3O6S/c1-4-15-28-27(32)23(5-2)29(16-14-21-10-8-7-9-11-21)26(31)20-30(37(33,34)6-3)22-12-13-24-25(19-22)36-18-17-35-24/h7-13,19,23H,4-6,14-18,20H2,1-3H3,(H,28,32)/t23-/m0/s1. The Morgan fingerprint density at radius 1 is 1.00 bits per heavy atom. The number of hydrogen-bond acceptors (Lipinski definition) is 6. The second-order valence-corrected chi connectivity index (χ2v) is 11.0. The first kappa shape index (κ1) is 28.3. The van der Waals surface area contributed by atoms with Crippen LogP contribution in [-0.4, -0.2) is 69.8 Å². The monoisotopic (exact) mass is 531 g/mol. The van der Waals surface area contributed by atoms with Gasteiger partial charge in [-0.2, -0.15) is 0 Å². The molecule has 0 aliphatic carbocycles. The van der Waals surface area contributed by atoms with E-state index in [0.29, 0.717) is 49.8 Å². The third kappa shape index (κ3) is 7.38. The molecule has 0 fully saturated rings. The third-order valence-electron chi connectivity index (χ3n) is 6.21. The molecule has 3 rings (SSSR count). The number of hydrogen-bond donors (Lipinski definition) is 1. The van der Waals surface area contributed by atoms with E-state index >= 15 is 0 Å². The maximum atomic E-state index is 13.8. The Balaban J connectivity index is 1.91. The first-order chi connectivity index (χ1) is 17.8. The fourth-order valence-corrected chi connectivity index (χ4v) is 5.22. The van der Waals surface area contributed by atoms with Crippen LogP contribution in [0.3, 0.4) is 0 Å². The molecule has 1 atom stereocenters. The number of anilines is 1. The van der Waals surface area contributed by atoms with Crippen molar-refractivity contribution >= 4 is 27.5 Å². The molecular weight excluding hydrogens is 494 g/mol. The van der Waals surface area contributed by atoms with Crippen molar-refractivity contribution in [2.75, 3.05) is 42.9 Å². The van der Waals surface area contributed by atoms with E-state index in [1.165, 1.54) is 11.8 Å². The zero-order chi connectivity index (χ0) is 26.8. The predicted octanol–water partition coefficient (Wildman–Crippen LogP) is 2.99. The minimum Gasteiger partial charge on any atom is -0.486 e. The van der Waals surface area contributed by atoms with Gasteiger partial charge in [-0.1, -0.05) is 44.2 Å². The summed E-state index contributed by atoms with van der Waals surface area (Å²) in [5.74, 6) is 0.0841. The van der Waals surface area contributed by atoms with E-state index in [9.17, 15) is 18.0 Å². The highest BCUT2D eigenvalue weighted by atomic mass is 32.2. The average molecular weight is 532 g/mol. The number of amides is 2. The molecule has 202 valence electrons. The lowest BCUT2D eigenvalue weighted by molar-refractivity contribution is -0.139. The smallest absolute Gasteiger partial charge is 0.244 e. The molecule has 0 saturated heterocycles. The molecule has 0 bridgehead atoms. The van der Waals surface area contributed by atoms with E-state index in [2.05, 4.69) is 5.32 Å². The number of nitrogens with zero attached hydrogens (tertiary/aromatic N) is 2. The number of ether oxygens (including phenoxy) is 2. The van der Waals surface area contributed by atoms with Gasteiger partial charge in [-0.05, 0) is 43.9 Å². The Kier molecular flexibility index (Phi) is 10.2. The van der Waals surface area contributed by atoms with E-state index in [1.54, 1.807) is 18.2 Å². The van der Waals surface area contributed by atoms with Crippen LogP contribution < -0.4 is 19.1 Å². The van der Waals surface area contributed by atoms with Crippen molar-refractivity contribution in [2.24, 2.45) is 0 Å². The molecule has 10 heteroatoms. The van der Waals surface area contributed by atoms with Crippen LogP contribution in [0.25, 0.3) is 0 Å². The van der Waals surface area contributed by atoms with E-state index in [4.69, 9.17) is 9.47 Å². The van der Waals surface area contributed by atoms with Gasteiger partial charge in [0.2, 0.25) is 21.8 Å². The predicted molar refractivity (Wildman–Crippen MR) is 143 cm³/mol. The number of carbonyl (C=O) groups is 2. The number of benzene rings is 2. The van der Waals surface area contributed by atoms with Crippen molar-refractivity contribution in [1.29, 1.82) is 0 Å². The number of rotatable bonds is 13. The lowest BCUT2D eigenvalue weighted by atomic mass is 10.1. The van der Waals surface area contributed by atoms with Crippen LogP contribution >= 0.6 is 0 Å². The topological polar surface area (TPSA) is 105 Å². The Morgan fingerprint density at radius 2 is 1.70 bits per heavy atom. The summed E-state index contributed by atoms with van der Waals surface area (Å²) in [7, 11) is -3.81. The van der Waals surface area contributed by atoms with Crippen LogP contribution in [-0.2, 0) is 26.0 Å². The van der Waals surface area contributed by atoms with Crippen molar-refractivity contribution in [3.05, 3.63) is 54.1 Å². The van der Waals surface area contributed by atoms with Gasteiger partial charge in [0.25, 0.3) is 0 Å². The quantitative estimate of drug-likeness (QED) is 0.426. The summed E-state index contributed by atoms with van der Waals surface area (Å²) in [6.07, 6.45) is 1.71. The highest BCUT2D eigenvalue weighted by Gasteiger charge is 2.32. The van der Waals surface area contributed by atoms with Gasteiger partial charge in [-0.15, -0.1) is 0 Å². The molecule has 0 radical (unpaired) electrons. The maximum Gasteiger partial charge on any atom is 0.244 e. The SMILES string of the molecule is CCCNC(=O)[C@H](CC)N(CCc1ccccc1)C(=O)CN(c1ccc2c(c1)OCCO2)S(=O)(=O)CC. The maximum absolute atomic E-state index is 13.8. The molecule has 9 nitrogen and oxygen atoms in total. The zero-order valence-electron chi connectivity index (χ0n) is 21.8. The highest BCUT2D eigenvalue weighted by Crippen LogP contribution is 2.35. The molecule has 1 aliphatic heterocycles. The summed E-state index contributed by atoms with van der Waals surface area (Å²) in [5.41, 5.74) is 1.33. The highest BCUT2D eigenvalue weighted by molar-refractivity contribution is 7.92. The molecule has 1 N–H and O–H groups in total. The number of sulfonamides is 1. The molecule has 37 heavy (non-hydrogen) atoms. The van der Waals surface area contributed by atoms with E-state index in [-0.39, 0.29) is 18.2 Å². The normalized spacial score (nSPS) is 13.5. The summed E-state index contributed by atoms with van der Waals surface area (Å²) in [6, 6.07) is 13.8. The van der Waals surface area contributed by atoms with Crippen LogP contribution in [0.5, 0.6) is 11.5 Å². The molecular formula is C27H37N3O6S. The largest absolute Gasteiger partial charge is 0.486 e. The summed E-state index contributed by atoms with van der Waals surface area (Å²) in [5, 5.41) is 2.88. The van der Waals surface area contributed by atoms with E-state index < -0.39 is 28.5 Å². The summed E-state index contributed by atoms with van der Waals surface area (Å²) >= 11 is 0. The van der Waals surface area contributed by atoms with Gasteiger partial charge in [0, 0.05) is 19.2 Å². The molecule has 2 aromatic rings.